The van der Waals surface area contributed by atoms with Crippen molar-refractivity contribution in [2.24, 2.45) is 0 Å². The van der Waals surface area contributed by atoms with E-state index in [0.29, 0.717) is 0 Å². The summed E-state index contributed by atoms with van der Waals surface area (Å²) in [6.07, 6.45) is 1.75. The molecule has 1 aromatic heterocycles. The van der Waals surface area contributed by atoms with Gasteiger partial charge >= 0.3 is 0 Å². The van der Waals surface area contributed by atoms with Gasteiger partial charge in [-0.25, -0.2) is 18.1 Å². The Labute approximate surface area is 139 Å². The van der Waals surface area contributed by atoms with Gasteiger partial charge in [0.1, 0.15) is 5.01 Å². The lowest BCUT2D eigenvalue weighted by Gasteiger charge is -2.10. The van der Waals surface area contributed by atoms with E-state index in [1.54, 1.807) is 6.20 Å². The van der Waals surface area contributed by atoms with Gasteiger partial charge in [-0.1, -0.05) is 54.6 Å². The van der Waals surface area contributed by atoms with Gasteiger partial charge in [0, 0.05) is 23.7 Å². The highest BCUT2D eigenvalue weighted by atomic mass is 32.2. The van der Waals surface area contributed by atoms with Crippen molar-refractivity contribution >= 4 is 21.4 Å². The minimum atomic E-state index is -3.39. The van der Waals surface area contributed by atoms with Crippen molar-refractivity contribution in [3.63, 3.8) is 0 Å². The molecule has 0 atom stereocenters. The fourth-order valence-electron chi connectivity index (χ4n) is 2.27. The van der Waals surface area contributed by atoms with Gasteiger partial charge in [0.15, 0.2) is 0 Å². The van der Waals surface area contributed by atoms with Crippen LogP contribution in [-0.2, 0) is 22.3 Å². The molecule has 0 bridgehead atoms. The molecule has 0 fully saturated rings. The van der Waals surface area contributed by atoms with Gasteiger partial charge in [-0.05, 0) is 11.1 Å². The van der Waals surface area contributed by atoms with E-state index in [2.05, 4.69) is 9.71 Å². The molecule has 0 unspecified atom stereocenters. The van der Waals surface area contributed by atoms with E-state index in [-0.39, 0.29) is 12.3 Å². The summed E-state index contributed by atoms with van der Waals surface area (Å²) in [7, 11) is -3.39. The first-order valence-corrected chi connectivity index (χ1v) is 9.66. The van der Waals surface area contributed by atoms with E-state index in [9.17, 15) is 8.42 Å². The zero-order chi connectivity index (χ0) is 16.1. The van der Waals surface area contributed by atoms with Gasteiger partial charge < -0.3 is 0 Å². The average molecular weight is 344 g/mol. The van der Waals surface area contributed by atoms with Crippen LogP contribution < -0.4 is 4.72 Å². The SMILES string of the molecule is O=S(=O)(Cc1ccccc1)NCc1ccccc1-c1nccs1. The molecule has 0 spiro atoms. The van der Waals surface area contributed by atoms with Crippen molar-refractivity contribution in [2.75, 3.05) is 0 Å². The third-order valence-corrected chi connectivity index (χ3v) is 5.47. The maximum atomic E-state index is 12.2. The predicted molar refractivity (Wildman–Crippen MR) is 93.5 cm³/mol. The van der Waals surface area contributed by atoms with Crippen LogP contribution in [0.2, 0.25) is 0 Å². The first-order chi connectivity index (χ1) is 11.1. The molecule has 0 amide bonds. The molecule has 118 valence electrons. The summed E-state index contributed by atoms with van der Waals surface area (Å²) in [5.74, 6) is -0.0206. The fourth-order valence-corrected chi connectivity index (χ4v) is 4.08. The summed E-state index contributed by atoms with van der Waals surface area (Å²) in [4.78, 5) is 4.30. The molecular weight excluding hydrogens is 328 g/mol. The Kier molecular flexibility index (Phi) is 4.85. The number of hydrogen-bond donors (Lipinski definition) is 1. The van der Waals surface area contributed by atoms with Crippen molar-refractivity contribution in [1.82, 2.24) is 9.71 Å². The van der Waals surface area contributed by atoms with Crippen LogP contribution in [0, 0.1) is 0 Å². The van der Waals surface area contributed by atoms with Gasteiger partial charge in [-0.2, -0.15) is 0 Å². The normalized spacial score (nSPS) is 11.5. The molecule has 0 aliphatic carbocycles. The Balaban J connectivity index is 1.74. The summed E-state index contributed by atoms with van der Waals surface area (Å²) in [5, 5.41) is 2.80. The molecule has 3 rings (SSSR count). The van der Waals surface area contributed by atoms with E-state index in [1.807, 2.05) is 60.0 Å². The molecule has 1 heterocycles. The van der Waals surface area contributed by atoms with Gasteiger partial charge in [0.25, 0.3) is 0 Å². The Morgan fingerprint density at radius 2 is 1.74 bits per heavy atom. The second-order valence-corrected chi connectivity index (χ2v) is 7.76. The first-order valence-electron chi connectivity index (χ1n) is 7.13. The van der Waals surface area contributed by atoms with Gasteiger partial charge in [-0.3, -0.25) is 0 Å². The van der Waals surface area contributed by atoms with Crippen LogP contribution in [-0.4, -0.2) is 13.4 Å². The second kappa shape index (κ2) is 7.04. The molecular formula is C17H16N2O2S2. The lowest BCUT2D eigenvalue weighted by Crippen LogP contribution is -2.25. The minimum Gasteiger partial charge on any atom is -0.245 e. The molecule has 6 heteroatoms. The smallest absolute Gasteiger partial charge is 0.216 e. The van der Waals surface area contributed by atoms with Crippen molar-refractivity contribution in [3.8, 4) is 10.6 Å². The van der Waals surface area contributed by atoms with Crippen LogP contribution in [0.25, 0.3) is 10.6 Å². The molecule has 0 radical (unpaired) electrons. The number of aromatic nitrogens is 1. The lowest BCUT2D eigenvalue weighted by atomic mass is 10.1. The van der Waals surface area contributed by atoms with Crippen LogP contribution in [0.5, 0.6) is 0 Å². The third-order valence-electron chi connectivity index (χ3n) is 3.36. The minimum absolute atomic E-state index is 0.0206. The van der Waals surface area contributed by atoms with Crippen LogP contribution in [0.1, 0.15) is 11.1 Å². The lowest BCUT2D eigenvalue weighted by molar-refractivity contribution is 0.580. The second-order valence-electron chi connectivity index (χ2n) is 5.06. The van der Waals surface area contributed by atoms with Crippen molar-refractivity contribution in [2.45, 2.75) is 12.3 Å². The quantitative estimate of drug-likeness (QED) is 0.745. The number of hydrogen-bond acceptors (Lipinski definition) is 4. The first kappa shape index (κ1) is 15.9. The third kappa shape index (κ3) is 4.25. The Morgan fingerprint density at radius 1 is 1.00 bits per heavy atom. The molecule has 0 saturated heterocycles. The van der Waals surface area contributed by atoms with E-state index in [1.165, 1.54) is 11.3 Å². The van der Waals surface area contributed by atoms with Crippen LogP contribution in [0.15, 0.2) is 66.2 Å². The molecule has 1 N–H and O–H groups in total. The number of thiazole rings is 1. The molecule has 0 saturated carbocycles. The average Bonchev–Trinajstić information content (AvgIpc) is 3.08. The van der Waals surface area contributed by atoms with Crippen LogP contribution in [0.4, 0.5) is 0 Å². The Morgan fingerprint density at radius 3 is 2.48 bits per heavy atom. The van der Waals surface area contributed by atoms with Gasteiger partial charge in [0.05, 0.1) is 5.75 Å². The van der Waals surface area contributed by atoms with Crippen molar-refractivity contribution in [3.05, 3.63) is 77.3 Å². The van der Waals surface area contributed by atoms with Crippen molar-refractivity contribution < 1.29 is 8.42 Å². The molecule has 0 aliphatic heterocycles. The summed E-state index contributed by atoms with van der Waals surface area (Å²) in [5.41, 5.74) is 2.65. The summed E-state index contributed by atoms with van der Waals surface area (Å²) in [6.45, 7) is 0.255. The Bertz CT molecular complexity index is 861. The molecule has 2 aromatic carbocycles. The Hall–Kier alpha value is -2.02. The monoisotopic (exact) mass is 344 g/mol. The van der Waals surface area contributed by atoms with Gasteiger partial charge in [-0.15, -0.1) is 11.3 Å². The predicted octanol–water partition coefficient (Wildman–Crippen LogP) is 3.43. The molecule has 23 heavy (non-hydrogen) atoms. The molecule has 3 aromatic rings. The summed E-state index contributed by atoms with van der Waals surface area (Å²) >= 11 is 1.54. The highest BCUT2D eigenvalue weighted by molar-refractivity contribution is 7.88. The van der Waals surface area contributed by atoms with E-state index in [4.69, 9.17) is 0 Å². The van der Waals surface area contributed by atoms with Crippen LogP contribution in [0.3, 0.4) is 0 Å². The highest BCUT2D eigenvalue weighted by Gasteiger charge is 2.13. The largest absolute Gasteiger partial charge is 0.245 e. The number of nitrogens with one attached hydrogen (secondary N) is 1. The number of benzene rings is 2. The fraction of sp³-hybridized carbons (Fsp3) is 0.118. The summed E-state index contributed by atoms with van der Waals surface area (Å²) in [6, 6.07) is 16.9. The zero-order valence-corrected chi connectivity index (χ0v) is 14.0. The van der Waals surface area contributed by atoms with E-state index >= 15 is 0 Å². The van der Waals surface area contributed by atoms with Crippen molar-refractivity contribution in [1.29, 1.82) is 0 Å². The number of nitrogens with zero attached hydrogens (tertiary/aromatic N) is 1. The molecule has 0 aliphatic rings. The van der Waals surface area contributed by atoms with Crippen LogP contribution >= 0.6 is 11.3 Å². The highest BCUT2D eigenvalue weighted by Crippen LogP contribution is 2.25. The van der Waals surface area contributed by atoms with E-state index in [0.717, 1.165) is 21.7 Å². The number of sulfonamides is 1. The maximum absolute atomic E-state index is 12.2. The number of rotatable bonds is 6. The topological polar surface area (TPSA) is 59.1 Å². The standard InChI is InChI=1S/C17H16N2O2S2/c20-23(21,13-14-6-2-1-3-7-14)19-12-15-8-4-5-9-16(15)17-18-10-11-22-17/h1-11,19H,12-13H2. The molecule has 4 nitrogen and oxygen atoms in total. The zero-order valence-electron chi connectivity index (χ0n) is 12.3. The summed E-state index contributed by atoms with van der Waals surface area (Å²) < 4.78 is 27.2. The maximum Gasteiger partial charge on any atom is 0.216 e. The van der Waals surface area contributed by atoms with Gasteiger partial charge in [0.2, 0.25) is 10.0 Å². The van der Waals surface area contributed by atoms with E-state index < -0.39 is 10.0 Å².